The van der Waals surface area contributed by atoms with Crippen LogP contribution < -0.4 is 4.74 Å². The van der Waals surface area contributed by atoms with Gasteiger partial charge in [0, 0.05) is 6.54 Å². The van der Waals surface area contributed by atoms with E-state index in [1.165, 1.54) is 17.3 Å². The summed E-state index contributed by atoms with van der Waals surface area (Å²) in [5.74, 6) is 0.832. The van der Waals surface area contributed by atoms with Crippen molar-refractivity contribution in [1.29, 1.82) is 0 Å². The topological polar surface area (TPSA) is 41.9 Å². The summed E-state index contributed by atoms with van der Waals surface area (Å²) in [5.41, 5.74) is 3.07. The van der Waals surface area contributed by atoms with Crippen molar-refractivity contribution in [3.63, 3.8) is 0 Å². The number of carbonyl (C=O) groups excluding carboxylic acids is 1. The number of aliphatic imine (C=N–C) groups is 1. The molecule has 0 radical (unpaired) electrons. The molecular weight excluding hydrogens is 368 g/mol. The second kappa shape index (κ2) is 9.11. The van der Waals surface area contributed by atoms with Gasteiger partial charge in [0.15, 0.2) is 5.17 Å². The molecule has 3 rings (SSSR count). The lowest BCUT2D eigenvalue weighted by Gasteiger charge is -2.12. The summed E-state index contributed by atoms with van der Waals surface area (Å²) < 4.78 is 5.68. The molecule has 146 valence electrons. The van der Waals surface area contributed by atoms with Crippen molar-refractivity contribution in [1.82, 2.24) is 4.90 Å². The molecule has 0 bridgehead atoms. The van der Waals surface area contributed by atoms with Gasteiger partial charge in [-0.25, -0.2) is 4.99 Å². The molecule has 5 heteroatoms. The lowest BCUT2D eigenvalue weighted by atomic mass is 10.1. The number of hydrogen-bond donors (Lipinski definition) is 0. The van der Waals surface area contributed by atoms with Gasteiger partial charge < -0.3 is 4.74 Å². The Morgan fingerprint density at radius 3 is 2.46 bits per heavy atom. The molecule has 28 heavy (non-hydrogen) atoms. The first kappa shape index (κ1) is 20.2. The first-order chi connectivity index (χ1) is 13.5. The number of para-hydroxylation sites is 1. The third kappa shape index (κ3) is 4.65. The van der Waals surface area contributed by atoms with Crippen LogP contribution in [0.5, 0.6) is 5.75 Å². The molecule has 1 aliphatic rings. The molecule has 1 heterocycles. The SMILES string of the molecule is CCc1ccccc1N=C1S/C(=C/c2ccc(OC(C)C)cc2)C(=O)N1CC. The standard InChI is InChI=1S/C23H26N2O2S/c1-5-18-9-7-8-10-20(18)24-23-25(6-2)22(26)21(28-23)15-17-11-13-19(14-12-17)27-16(3)4/h7-16H,5-6H2,1-4H3/b21-15+,24-23?. The van der Waals surface area contributed by atoms with Crippen LogP contribution in [0.4, 0.5) is 5.69 Å². The fourth-order valence-electron chi connectivity index (χ4n) is 2.96. The van der Waals surface area contributed by atoms with Gasteiger partial charge >= 0.3 is 0 Å². The number of carbonyl (C=O) groups is 1. The molecule has 4 nitrogen and oxygen atoms in total. The number of rotatable bonds is 6. The van der Waals surface area contributed by atoms with Crippen molar-refractivity contribution in [2.24, 2.45) is 4.99 Å². The Bertz CT molecular complexity index is 901. The van der Waals surface area contributed by atoms with Crippen LogP contribution in [0.2, 0.25) is 0 Å². The van der Waals surface area contributed by atoms with E-state index in [4.69, 9.17) is 9.73 Å². The molecule has 1 saturated heterocycles. The molecular formula is C23H26N2O2S. The quantitative estimate of drug-likeness (QED) is 0.594. The molecule has 0 spiro atoms. The van der Waals surface area contributed by atoms with Crippen LogP contribution in [0.15, 0.2) is 58.4 Å². The highest BCUT2D eigenvalue weighted by Gasteiger charge is 2.32. The number of ether oxygens (including phenoxy) is 1. The number of amides is 1. The van der Waals surface area contributed by atoms with E-state index in [1.54, 1.807) is 4.90 Å². The first-order valence-electron chi connectivity index (χ1n) is 9.66. The van der Waals surface area contributed by atoms with E-state index in [9.17, 15) is 4.79 Å². The molecule has 0 atom stereocenters. The predicted molar refractivity (Wildman–Crippen MR) is 118 cm³/mol. The van der Waals surface area contributed by atoms with Crippen molar-refractivity contribution >= 4 is 34.6 Å². The molecule has 0 saturated carbocycles. The Morgan fingerprint density at radius 2 is 1.82 bits per heavy atom. The zero-order chi connectivity index (χ0) is 20.1. The molecule has 0 aliphatic carbocycles. The van der Waals surface area contributed by atoms with E-state index in [1.807, 2.05) is 69.3 Å². The van der Waals surface area contributed by atoms with Gasteiger partial charge in [0.25, 0.3) is 5.91 Å². The van der Waals surface area contributed by atoms with Crippen LogP contribution in [-0.2, 0) is 11.2 Å². The van der Waals surface area contributed by atoms with Gasteiger partial charge in [-0.1, -0.05) is 37.3 Å². The Kier molecular flexibility index (Phi) is 6.57. The van der Waals surface area contributed by atoms with Crippen molar-refractivity contribution in [3.8, 4) is 5.75 Å². The van der Waals surface area contributed by atoms with E-state index in [-0.39, 0.29) is 12.0 Å². The zero-order valence-corrected chi connectivity index (χ0v) is 17.6. The summed E-state index contributed by atoms with van der Waals surface area (Å²) in [6.07, 6.45) is 2.97. The van der Waals surface area contributed by atoms with Crippen LogP contribution in [0.25, 0.3) is 6.08 Å². The third-order valence-corrected chi connectivity index (χ3v) is 5.35. The Hall–Kier alpha value is -2.53. The Balaban J connectivity index is 1.87. The van der Waals surface area contributed by atoms with Crippen molar-refractivity contribution < 1.29 is 9.53 Å². The third-order valence-electron chi connectivity index (χ3n) is 4.34. The molecule has 0 aromatic heterocycles. The van der Waals surface area contributed by atoms with Gasteiger partial charge in [0.05, 0.1) is 16.7 Å². The monoisotopic (exact) mass is 394 g/mol. The van der Waals surface area contributed by atoms with E-state index in [0.717, 1.165) is 28.6 Å². The second-order valence-electron chi connectivity index (χ2n) is 6.77. The summed E-state index contributed by atoms with van der Waals surface area (Å²) in [6.45, 7) is 8.68. The number of thioether (sulfide) groups is 1. The highest BCUT2D eigenvalue weighted by atomic mass is 32.2. The number of benzene rings is 2. The molecule has 0 unspecified atom stereocenters. The normalized spacial score (nSPS) is 17.2. The van der Waals surface area contributed by atoms with Crippen LogP contribution in [-0.4, -0.2) is 28.6 Å². The predicted octanol–water partition coefficient (Wildman–Crippen LogP) is 5.66. The number of amidine groups is 1. The molecule has 2 aromatic rings. The van der Waals surface area contributed by atoms with Gasteiger partial charge in [-0.05, 0) is 74.4 Å². The summed E-state index contributed by atoms with van der Waals surface area (Å²) in [4.78, 5) is 20.1. The molecule has 1 aliphatic heterocycles. The minimum Gasteiger partial charge on any atom is -0.491 e. The summed E-state index contributed by atoms with van der Waals surface area (Å²) >= 11 is 1.43. The molecule has 1 fully saturated rings. The minimum absolute atomic E-state index is 0.00253. The Morgan fingerprint density at radius 1 is 1.11 bits per heavy atom. The molecule has 1 amide bonds. The van der Waals surface area contributed by atoms with Gasteiger partial charge in [-0.2, -0.15) is 0 Å². The highest BCUT2D eigenvalue weighted by Crippen LogP contribution is 2.35. The summed E-state index contributed by atoms with van der Waals surface area (Å²) in [5, 5.41) is 0.736. The fraction of sp³-hybridized carbons (Fsp3) is 0.304. The molecule has 2 aromatic carbocycles. The smallest absolute Gasteiger partial charge is 0.266 e. The minimum atomic E-state index is 0.00253. The maximum absolute atomic E-state index is 12.8. The lowest BCUT2D eigenvalue weighted by Crippen LogP contribution is -2.28. The fourth-order valence-corrected chi connectivity index (χ4v) is 4.01. The van der Waals surface area contributed by atoms with Crippen molar-refractivity contribution in [3.05, 3.63) is 64.6 Å². The zero-order valence-electron chi connectivity index (χ0n) is 16.8. The number of aryl methyl sites for hydroxylation is 1. The maximum atomic E-state index is 12.8. The maximum Gasteiger partial charge on any atom is 0.266 e. The average molecular weight is 395 g/mol. The van der Waals surface area contributed by atoms with Crippen LogP contribution >= 0.6 is 11.8 Å². The highest BCUT2D eigenvalue weighted by molar-refractivity contribution is 8.18. The van der Waals surface area contributed by atoms with E-state index >= 15 is 0 Å². The van der Waals surface area contributed by atoms with Gasteiger partial charge in [-0.15, -0.1) is 0 Å². The number of hydrogen-bond acceptors (Lipinski definition) is 4. The van der Waals surface area contributed by atoms with Crippen LogP contribution in [0, 0.1) is 0 Å². The summed E-state index contributed by atoms with van der Waals surface area (Å²) in [7, 11) is 0. The van der Waals surface area contributed by atoms with Crippen molar-refractivity contribution in [2.45, 2.75) is 40.2 Å². The van der Waals surface area contributed by atoms with Gasteiger partial charge in [-0.3, -0.25) is 9.69 Å². The van der Waals surface area contributed by atoms with Crippen LogP contribution in [0.1, 0.15) is 38.8 Å². The molecule has 0 N–H and O–H groups in total. The number of likely N-dealkylation sites (N-methyl/N-ethyl adjacent to an activating group) is 1. The second-order valence-corrected chi connectivity index (χ2v) is 7.78. The van der Waals surface area contributed by atoms with Crippen molar-refractivity contribution in [2.75, 3.05) is 6.54 Å². The Labute approximate surface area is 171 Å². The van der Waals surface area contributed by atoms with Crippen LogP contribution in [0.3, 0.4) is 0 Å². The average Bonchev–Trinajstić information content (AvgIpc) is 2.97. The van der Waals surface area contributed by atoms with E-state index in [0.29, 0.717) is 11.4 Å². The van der Waals surface area contributed by atoms with Gasteiger partial charge in [0.1, 0.15) is 5.75 Å². The van der Waals surface area contributed by atoms with Gasteiger partial charge in [0.2, 0.25) is 0 Å². The van der Waals surface area contributed by atoms with E-state index < -0.39 is 0 Å². The summed E-state index contributed by atoms with van der Waals surface area (Å²) in [6, 6.07) is 15.9. The lowest BCUT2D eigenvalue weighted by molar-refractivity contribution is -0.122. The number of nitrogens with zero attached hydrogens (tertiary/aromatic N) is 2. The first-order valence-corrected chi connectivity index (χ1v) is 10.5. The van der Waals surface area contributed by atoms with E-state index in [2.05, 4.69) is 13.0 Å². The largest absolute Gasteiger partial charge is 0.491 e.